The lowest BCUT2D eigenvalue weighted by atomic mass is 9.99. The molecule has 1 aliphatic carbocycles. The molecule has 3 aromatic heterocycles. The Balaban J connectivity index is 1.22. The van der Waals surface area contributed by atoms with Crippen molar-refractivity contribution in [1.82, 2.24) is 25.0 Å². The number of halogens is 2. The average Bonchev–Trinajstić information content (AvgIpc) is 3.63. The Hall–Kier alpha value is -4.97. The van der Waals surface area contributed by atoms with Crippen molar-refractivity contribution in [3.63, 3.8) is 0 Å². The van der Waals surface area contributed by atoms with Gasteiger partial charge in [0.2, 0.25) is 0 Å². The number of aliphatic hydroxyl groups is 1. The minimum absolute atomic E-state index is 0.0494. The molecule has 3 heterocycles. The third-order valence-corrected chi connectivity index (χ3v) is 7.47. The van der Waals surface area contributed by atoms with Crippen molar-refractivity contribution in [2.24, 2.45) is 0 Å². The summed E-state index contributed by atoms with van der Waals surface area (Å²) in [7, 11) is 0. The molecular weight excluding hydrogens is 546 g/mol. The number of ketones is 1. The van der Waals surface area contributed by atoms with Gasteiger partial charge in [0.25, 0.3) is 5.56 Å². The summed E-state index contributed by atoms with van der Waals surface area (Å²) >= 11 is 0. The molecule has 0 amide bonds. The second-order valence-corrected chi connectivity index (χ2v) is 10.3. The van der Waals surface area contributed by atoms with Gasteiger partial charge in [-0.15, -0.1) is 0 Å². The molecule has 0 spiro atoms. The fourth-order valence-electron chi connectivity index (χ4n) is 5.25. The number of carbonyl (C=O) groups is 1. The van der Waals surface area contributed by atoms with E-state index < -0.39 is 28.5 Å². The van der Waals surface area contributed by atoms with E-state index in [-0.39, 0.29) is 24.3 Å². The number of hydrogen-bond donors (Lipinski definition) is 3. The zero-order chi connectivity index (χ0) is 29.3. The van der Waals surface area contributed by atoms with Gasteiger partial charge in [-0.25, -0.2) is 13.8 Å². The SMILES string of the molecule is O=C(Cc1ccc(Oc2ccnc3[nH]nc(NC4(CO)CCCC4)c23)c(F)c1)c1ccnn(-c2ccc(F)cc2)c1=O. The Morgan fingerprint density at radius 3 is 2.57 bits per heavy atom. The number of aromatic amines is 1. The molecule has 10 nitrogen and oxygen atoms in total. The van der Waals surface area contributed by atoms with Crippen LogP contribution in [0.25, 0.3) is 16.7 Å². The molecule has 0 unspecified atom stereocenters. The Morgan fingerprint density at radius 2 is 1.83 bits per heavy atom. The number of Topliss-reactive ketones (excluding diaryl/α,β-unsaturated/α-hetero) is 1. The standard InChI is InChI=1S/C30H26F2N6O4/c31-19-4-6-20(7-5-19)38-29(41)21(9-14-34-38)23(40)16-18-3-8-24(22(32)15-18)42-25-10-13-33-27-26(25)28(37-36-27)35-30(17-39)11-1-2-12-30/h3-10,13-15,39H,1-2,11-12,16-17H2,(H2,33,35,36,37). The molecular formula is C30H26F2N6O4. The lowest BCUT2D eigenvalue weighted by molar-refractivity contribution is 0.0991. The van der Waals surface area contributed by atoms with Gasteiger partial charge in [0.1, 0.15) is 17.0 Å². The van der Waals surface area contributed by atoms with Crippen LogP contribution in [0.3, 0.4) is 0 Å². The van der Waals surface area contributed by atoms with E-state index in [0.29, 0.717) is 33.9 Å². The third-order valence-electron chi connectivity index (χ3n) is 7.47. The largest absolute Gasteiger partial charge is 0.453 e. The number of nitrogens with one attached hydrogen (secondary N) is 2. The number of aromatic nitrogens is 5. The number of fused-ring (bicyclic) bond motifs is 1. The summed E-state index contributed by atoms with van der Waals surface area (Å²) in [5.74, 6) is -1.02. The number of pyridine rings is 1. The van der Waals surface area contributed by atoms with Gasteiger partial charge in [0.15, 0.2) is 28.8 Å². The number of benzene rings is 2. The Morgan fingerprint density at radius 1 is 1.05 bits per heavy atom. The molecule has 6 rings (SSSR count). The van der Waals surface area contributed by atoms with Crippen LogP contribution in [-0.2, 0) is 6.42 Å². The zero-order valence-electron chi connectivity index (χ0n) is 22.3. The first-order valence-corrected chi connectivity index (χ1v) is 13.4. The number of aliphatic hydroxyl groups excluding tert-OH is 1. The molecule has 214 valence electrons. The van der Waals surface area contributed by atoms with E-state index in [1.54, 1.807) is 12.1 Å². The van der Waals surface area contributed by atoms with E-state index in [1.165, 1.54) is 54.9 Å². The lowest BCUT2D eigenvalue weighted by Crippen LogP contribution is -2.39. The van der Waals surface area contributed by atoms with Gasteiger partial charge in [-0.3, -0.25) is 14.7 Å². The minimum atomic E-state index is -0.704. The zero-order valence-corrected chi connectivity index (χ0v) is 22.3. The van der Waals surface area contributed by atoms with Gasteiger partial charge in [-0.1, -0.05) is 18.9 Å². The van der Waals surface area contributed by atoms with Crippen molar-refractivity contribution in [3.8, 4) is 17.2 Å². The normalized spacial score (nSPS) is 14.3. The predicted molar refractivity (Wildman–Crippen MR) is 150 cm³/mol. The van der Waals surface area contributed by atoms with Crippen molar-refractivity contribution < 1.29 is 23.4 Å². The smallest absolute Gasteiger partial charge is 0.282 e. The molecule has 5 aromatic rings. The maximum atomic E-state index is 15.2. The first-order valence-electron chi connectivity index (χ1n) is 13.4. The number of rotatable bonds is 9. The van der Waals surface area contributed by atoms with E-state index in [1.807, 2.05) is 0 Å². The Bertz CT molecular complexity index is 1830. The first-order chi connectivity index (χ1) is 20.4. The van der Waals surface area contributed by atoms with Gasteiger partial charge in [0, 0.05) is 24.9 Å². The van der Waals surface area contributed by atoms with Gasteiger partial charge < -0.3 is 15.2 Å². The number of ether oxygens (including phenoxy) is 1. The number of H-pyrrole nitrogens is 1. The quantitative estimate of drug-likeness (QED) is 0.216. The van der Waals surface area contributed by atoms with Crippen LogP contribution in [0.4, 0.5) is 14.6 Å². The molecule has 0 aliphatic heterocycles. The first kappa shape index (κ1) is 27.2. The summed E-state index contributed by atoms with van der Waals surface area (Å²) in [6.07, 6.45) is 6.14. The molecule has 1 fully saturated rings. The molecule has 0 radical (unpaired) electrons. The topological polar surface area (TPSA) is 135 Å². The van der Waals surface area contributed by atoms with Crippen molar-refractivity contribution in [2.75, 3.05) is 11.9 Å². The van der Waals surface area contributed by atoms with Crippen LogP contribution in [-0.4, -0.2) is 48.0 Å². The fraction of sp³-hybridized carbons (Fsp3) is 0.233. The molecule has 12 heteroatoms. The molecule has 2 aromatic carbocycles. The van der Waals surface area contributed by atoms with Crippen LogP contribution < -0.4 is 15.6 Å². The molecule has 1 aliphatic rings. The van der Waals surface area contributed by atoms with Crippen LogP contribution in [0.2, 0.25) is 0 Å². The minimum Gasteiger partial charge on any atom is -0.453 e. The van der Waals surface area contributed by atoms with Gasteiger partial charge in [0.05, 0.1) is 23.4 Å². The van der Waals surface area contributed by atoms with E-state index in [2.05, 4.69) is 25.6 Å². The van der Waals surface area contributed by atoms with Crippen molar-refractivity contribution in [3.05, 3.63) is 100 Å². The summed E-state index contributed by atoms with van der Waals surface area (Å²) in [4.78, 5) is 30.2. The van der Waals surface area contributed by atoms with E-state index >= 15 is 4.39 Å². The number of hydrogen-bond acceptors (Lipinski definition) is 8. The van der Waals surface area contributed by atoms with Crippen LogP contribution >= 0.6 is 0 Å². The summed E-state index contributed by atoms with van der Waals surface area (Å²) < 4.78 is 35.5. The third kappa shape index (κ3) is 5.23. The molecule has 0 bridgehead atoms. The second kappa shape index (κ2) is 11.1. The highest BCUT2D eigenvalue weighted by atomic mass is 19.1. The van der Waals surface area contributed by atoms with Crippen molar-refractivity contribution in [2.45, 2.75) is 37.6 Å². The molecule has 42 heavy (non-hydrogen) atoms. The van der Waals surface area contributed by atoms with Crippen LogP contribution in [0.1, 0.15) is 41.6 Å². The molecule has 0 saturated heterocycles. The molecule has 3 N–H and O–H groups in total. The molecule has 1 saturated carbocycles. The van der Waals surface area contributed by atoms with Gasteiger partial charge in [-0.05, 0) is 60.9 Å². The number of anilines is 1. The second-order valence-electron chi connectivity index (χ2n) is 10.3. The maximum absolute atomic E-state index is 15.2. The van der Waals surface area contributed by atoms with Crippen LogP contribution in [0.5, 0.6) is 11.5 Å². The van der Waals surface area contributed by atoms with E-state index in [4.69, 9.17) is 4.74 Å². The van der Waals surface area contributed by atoms with Crippen LogP contribution in [0, 0.1) is 11.6 Å². The Labute approximate surface area is 238 Å². The monoisotopic (exact) mass is 572 g/mol. The Kier molecular flexibility index (Phi) is 7.21. The number of nitrogens with zero attached hydrogens (tertiary/aromatic N) is 4. The summed E-state index contributed by atoms with van der Waals surface area (Å²) in [6, 6.07) is 12.2. The summed E-state index contributed by atoms with van der Waals surface area (Å²) in [6.45, 7) is -0.0494. The maximum Gasteiger partial charge on any atom is 0.282 e. The summed E-state index contributed by atoms with van der Waals surface area (Å²) in [5, 5.41) is 25.0. The lowest BCUT2D eigenvalue weighted by Gasteiger charge is -2.28. The van der Waals surface area contributed by atoms with Gasteiger partial charge >= 0.3 is 0 Å². The van der Waals surface area contributed by atoms with Crippen molar-refractivity contribution in [1.29, 1.82) is 0 Å². The van der Waals surface area contributed by atoms with Crippen molar-refractivity contribution >= 4 is 22.6 Å². The van der Waals surface area contributed by atoms with E-state index in [0.717, 1.165) is 30.4 Å². The van der Waals surface area contributed by atoms with Gasteiger partial charge in [-0.2, -0.15) is 14.9 Å². The van der Waals surface area contributed by atoms with Crippen LogP contribution in [0.15, 0.2) is 71.8 Å². The predicted octanol–water partition coefficient (Wildman–Crippen LogP) is 4.72. The highest BCUT2D eigenvalue weighted by Crippen LogP contribution is 2.38. The fourth-order valence-corrected chi connectivity index (χ4v) is 5.25. The number of carbonyl (C=O) groups excluding carboxylic acids is 1. The highest BCUT2D eigenvalue weighted by molar-refractivity contribution is 5.97. The average molecular weight is 573 g/mol. The van der Waals surface area contributed by atoms with E-state index in [9.17, 15) is 19.1 Å². The summed E-state index contributed by atoms with van der Waals surface area (Å²) in [5.41, 5.74) is -0.206. The molecule has 0 atom stereocenters. The highest BCUT2D eigenvalue weighted by Gasteiger charge is 2.34.